The number of benzene rings is 1. The summed E-state index contributed by atoms with van der Waals surface area (Å²) in [6.45, 7) is 8.65. The summed E-state index contributed by atoms with van der Waals surface area (Å²) in [6, 6.07) is 10.5. The number of amides is 1. The van der Waals surface area contributed by atoms with Gasteiger partial charge in [0, 0.05) is 18.3 Å². The van der Waals surface area contributed by atoms with Gasteiger partial charge in [-0.2, -0.15) is 0 Å². The summed E-state index contributed by atoms with van der Waals surface area (Å²) in [6.07, 6.45) is 3.03. The van der Waals surface area contributed by atoms with Gasteiger partial charge in [-0.1, -0.05) is 18.2 Å². The fourth-order valence-corrected chi connectivity index (χ4v) is 2.92. The SMILES string of the molecule is C[C@H](Nc1ccccc1)[C@H]1CCCCN1C(=O)OC(C)(C)C. The molecule has 1 aliphatic rings. The summed E-state index contributed by atoms with van der Waals surface area (Å²) >= 11 is 0. The van der Waals surface area contributed by atoms with E-state index in [1.807, 2.05) is 43.9 Å². The summed E-state index contributed by atoms with van der Waals surface area (Å²) in [5.41, 5.74) is 0.638. The van der Waals surface area contributed by atoms with Gasteiger partial charge in [-0.3, -0.25) is 0 Å². The Kier molecular flexibility index (Phi) is 5.33. The van der Waals surface area contributed by atoms with Crippen LogP contribution < -0.4 is 5.32 Å². The third-order valence-electron chi connectivity index (χ3n) is 3.92. The van der Waals surface area contributed by atoms with Crippen LogP contribution in [0.2, 0.25) is 0 Å². The Morgan fingerprint density at radius 2 is 1.95 bits per heavy atom. The average molecular weight is 304 g/mol. The number of nitrogens with one attached hydrogen (secondary N) is 1. The number of piperidine rings is 1. The highest BCUT2D eigenvalue weighted by Gasteiger charge is 2.33. The van der Waals surface area contributed by atoms with E-state index in [9.17, 15) is 4.79 Å². The third-order valence-corrected chi connectivity index (χ3v) is 3.92. The van der Waals surface area contributed by atoms with Crippen molar-refractivity contribution in [1.29, 1.82) is 0 Å². The van der Waals surface area contributed by atoms with Gasteiger partial charge in [-0.25, -0.2) is 4.79 Å². The number of ether oxygens (including phenoxy) is 1. The lowest BCUT2D eigenvalue weighted by Crippen LogP contribution is -2.52. The molecule has 0 saturated carbocycles. The van der Waals surface area contributed by atoms with Crippen LogP contribution in [0.25, 0.3) is 0 Å². The number of likely N-dealkylation sites (tertiary alicyclic amines) is 1. The molecule has 4 nitrogen and oxygen atoms in total. The van der Waals surface area contributed by atoms with Gasteiger partial charge in [0.2, 0.25) is 0 Å². The van der Waals surface area contributed by atoms with Crippen LogP contribution in [-0.2, 0) is 4.74 Å². The largest absolute Gasteiger partial charge is 0.444 e. The van der Waals surface area contributed by atoms with Gasteiger partial charge in [-0.15, -0.1) is 0 Å². The number of rotatable bonds is 3. The molecule has 2 atom stereocenters. The maximum absolute atomic E-state index is 12.5. The van der Waals surface area contributed by atoms with Crippen LogP contribution in [-0.4, -0.2) is 35.2 Å². The van der Waals surface area contributed by atoms with Gasteiger partial charge in [0.15, 0.2) is 0 Å². The molecule has 1 aromatic carbocycles. The first-order chi connectivity index (χ1) is 10.4. The zero-order valence-corrected chi connectivity index (χ0v) is 14.1. The molecule has 1 aromatic rings. The summed E-state index contributed by atoms with van der Waals surface area (Å²) in [5, 5.41) is 3.51. The Balaban J connectivity index is 2.04. The summed E-state index contributed by atoms with van der Waals surface area (Å²) in [4.78, 5) is 14.4. The zero-order valence-electron chi connectivity index (χ0n) is 14.1. The molecule has 4 heteroatoms. The van der Waals surface area contributed by atoms with Crippen molar-refractivity contribution in [3.8, 4) is 0 Å². The van der Waals surface area contributed by atoms with Crippen molar-refractivity contribution in [1.82, 2.24) is 4.90 Å². The van der Waals surface area contributed by atoms with Crippen LogP contribution in [0.1, 0.15) is 47.0 Å². The number of carbonyl (C=O) groups excluding carboxylic acids is 1. The standard InChI is InChI=1S/C18H28N2O2/c1-14(19-15-10-6-5-7-11-15)16-12-8-9-13-20(16)17(21)22-18(2,3)4/h5-7,10-11,14,16,19H,8-9,12-13H2,1-4H3/t14-,16+/m0/s1. The second kappa shape index (κ2) is 7.03. The van der Waals surface area contributed by atoms with E-state index >= 15 is 0 Å². The van der Waals surface area contributed by atoms with Crippen LogP contribution in [0.15, 0.2) is 30.3 Å². The van der Waals surface area contributed by atoms with E-state index in [1.165, 1.54) is 0 Å². The molecule has 0 radical (unpaired) electrons. The maximum Gasteiger partial charge on any atom is 0.410 e. The zero-order chi connectivity index (χ0) is 16.2. The van der Waals surface area contributed by atoms with Crippen LogP contribution in [0.4, 0.5) is 10.5 Å². The van der Waals surface area contributed by atoms with Gasteiger partial charge in [0.25, 0.3) is 0 Å². The van der Waals surface area contributed by atoms with E-state index in [0.717, 1.165) is 31.5 Å². The molecule has 0 unspecified atom stereocenters. The Hall–Kier alpha value is -1.71. The molecule has 0 spiro atoms. The highest BCUT2D eigenvalue weighted by atomic mass is 16.6. The normalized spacial score (nSPS) is 20.4. The van der Waals surface area contributed by atoms with Crippen molar-refractivity contribution >= 4 is 11.8 Å². The van der Waals surface area contributed by atoms with Crippen molar-refractivity contribution in [3.05, 3.63) is 30.3 Å². The van der Waals surface area contributed by atoms with Gasteiger partial charge in [-0.05, 0) is 59.1 Å². The van der Waals surface area contributed by atoms with Crippen molar-refractivity contribution in [3.63, 3.8) is 0 Å². The second-order valence-corrected chi connectivity index (χ2v) is 7.04. The molecule has 1 N–H and O–H groups in total. The molecule has 122 valence electrons. The molecule has 1 aliphatic heterocycles. The van der Waals surface area contributed by atoms with E-state index in [0.29, 0.717) is 0 Å². The molecule has 1 saturated heterocycles. The molecular weight excluding hydrogens is 276 g/mol. The number of carbonyl (C=O) groups is 1. The average Bonchev–Trinajstić information content (AvgIpc) is 2.46. The van der Waals surface area contributed by atoms with Crippen LogP contribution in [0, 0.1) is 0 Å². The summed E-state index contributed by atoms with van der Waals surface area (Å²) in [7, 11) is 0. The smallest absolute Gasteiger partial charge is 0.410 e. The van der Waals surface area contributed by atoms with Crippen molar-refractivity contribution in [2.24, 2.45) is 0 Å². The Bertz CT molecular complexity index is 482. The molecule has 0 aromatic heterocycles. The molecule has 22 heavy (non-hydrogen) atoms. The second-order valence-electron chi connectivity index (χ2n) is 7.04. The van der Waals surface area contributed by atoms with Gasteiger partial charge in [0.05, 0.1) is 6.04 Å². The first-order valence-electron chi connectivity index (χ1n) is 8.18. The molecule has 2 rings (SSSR count). The van der Waals surface area contributed by atoms with E-state index in [1.54, 1.807) is 0 Å². The molecule has 0 bridgehead atoms. The predicted molar refractivity (Wildman–Crippen MR) is 90.1 cm³/mol. The van der Waals surface area contributed by atoms with Crippen molar-refractivity contribution < 1.29 is 9.53 Å². The minimum atomic E-state index is -0.449. The lowest BCUT2D eigenvalue weighted by molar-refractivity contribution is 0.00813. The van der Waals surface area contributed by atoms with Crippen LogP contribution in [0.3, 0.4) is 0 Å². The quantitative estimate of drug-likeness (QED) is 0.906. The molecule has 0 aliphatic carbocycles. The maximum atomic E-state index is 12.5. The van der Waals surface area contributed by atoms with Gasteiger partial charge in [0.1, 0.15) is 5.60 Å². The lowest BCUT2D eigenvalue weighted by Gasteiger charge is -2.40. The number of anilines is 1. The van der Waals surface area contributed by atoms with Crippen molar-refractivity contribution in [2.45, 2.75) is 64.6 Å². The number of hydrogen-bond acceptors (Lipinski definition) is 3. The Morgan fingerprint density at radius 3 is 2.59 bits per heavy atom. The number of nitrogens with zero attached hydrogens (tertiary/aromatic N) is 1. The third kappa shape index (κ3) is 4.65. The number of para-hydroxylation sites is 1. The van der Waals surface area contributed by atoms with Crippen molar-refractivity contribution in [2.75, 3.05) is 11.9 Å². The highest BCUT2D eigenvalue weighted by Crippen LogP contribution is 2.24. The molecule has 1 fully saturated rings. The summed E-state index contributed by atoms with van der Waals surface area (Å²) < 4.78 is 5.57. The molecular formula is C18H28N2O2. The van der Waals surface area contributed by atoms with E-state index in [2.05, 4.69) is 24.4 Å². The predicted octanol–water partition coefficient (Wildman–Crippen LogP) is 4.28. The van der Waals surface area contributed by atoms with Gasteiger partial charge < -0.3 is 15.0 Å². The van der Waals surface area contributed by atoms with E-state index in [-0.39, 0.29) is 18.2 Å². The first kappa shape index (κ1) is 16.7. The number of hydrogen-bond donors (Lipinski definition) is 1. The fraction of sp³-hybridized carbons (Fsp3) is 0.611. The monoisotopic (exact) mass is 304 g/mol. The van der Waals surface area contributed by atoms with Gasteiger partial charge >= 0.3 is 6.09 Å². The fourth-order valence-electron chi connectivity index (χ4n) is 2.92. The highest BCUT2D eigenvalue weighted by molar-refractivity contribution is 5.69. The van der Waals surface area contributed by atoms with E-state index in [4.69, 9.17) is 4.74 Å². The topological polar surface area (TPSA) is 41.6 Å². The van der Waals surface area contributed by atoms with Crippen LogP contribution in [0.5, 0.6) is 0 Å². The Labute approximate surface area is 133 Å². The molecule has 1 heterocycles. The summed E-state index contributed by atoms with van der Waals surface area (Å²) in [5.74, 6) is 0. The minimum absolute atomic E-state index is 0.170. The van der Waals surface area contributed by atoms with Crippen LogP contribution >= 0.6 is 0 Å². The van der Waals surface area contributed by atoms with E-state index < -0.39 is 5.60 Å². The Morgan fingerprint density at radius 1 is 1.27 bits per heavy atom. The molecule has 1 amide bonds. The minimum Gasteiger partial charge on any atom is -0.444 e. The first-order valence-corrected chi connectivity index (χ1v) is 8.18. The lowest BCUT2D eigenvalue weighted by atomic mass is 9.96.